The van der Waals surface area contributed by atoms with Gasteiger partial charge >= 0.3 is 0 Å². The van der Waals surface area contributed by atoms with Crippen molar-refractivity contribution in [1.82, 2.24) is 5.32 Å². The number of nitrogens with two attached hydrogens (primary N) is 1. The summed E-state index contributed by atoms with van der Waals surface area (Å²) in [7, 11) is 1.73. The van der Waals surface area contributed by atoms with Gasteiger partial charge in [-0.3, -0.25) is 5.32 Å². The van der Waals surface area contributed by atoms with E-state index in [2.05, 4.69) is 5.32 Å². The summed E-state index contributed by atoms with van der Waals surface area (Å²) in [6.45, 7) is -0.118. The van der Waals surface area contributed by atoms with Crippen molar-refractivity contribution in [2.75, 3.05) is 13.7 Å². The smallest absolute Gasteiger partial charge is 0.116 e. The predicted octanol–water partition coefficient (Wildman–Crippen LogP) is 0.00980. The molecule has 1 atom stereocenters. The maximum atomic E-state index is 9.05. The van der Waals surface area contributed by atoms with Gasteiger partial charge in [0.05, 0.1) is 6.61 Å². The number of benzene rings is 1. The number of hydrogen-bond acceptors (Lipinski definition) is 3. The largest absolute Gasteiger partial charge is 0.393 e. The van der Waals surface area contributed by atoms with Gasteiger partial charge in [-0.15, -0.1) is 0 Å². The van der Waals surface area contributed by atoms with E-state index in [1.54, 1.807) is 7.05 Å². The molecule has 3 nitrogen and oxygen atoms in total. The molecule has 1 aromatic rings. The quantitative estimate of drug-likeness (QED) is 0.554. The number of rotatable bonds is 3. The average Bonchev–Trinajstić information content (AvgIpc) is 2.18. The first kappa shape index (κ1) is 9.19. The summed E-state index contributed by atoms with van der Waals surface area (Å²) in [6.07, 6.45) is 0. The molecular weight excluding hydrogens is 152 g/mol. The summed E-state index contributed by atoms with van der Waals surface area (Å²) >= 11 is 0. The second-order valence-electron chi connectivity index (χ2n) is 2.75. The Hall–Kier alpha value is -0.900. The van der Waals surface area contributed by atoms with Gasteiger partial charge < -0.3 is 10.8 Å². The molecule has 0 aliphatic carbocycles. The molecule has 0 amide bonds. The first-order valence-electron chi connectivity index (χ1n) is 3.87. The lowest BCUT2D eigenvalue weighted by molar-refractivity contribution is 0.173. The van der Waals surface area contributed by atoms with Crippen LogP contribution < -0.4 is 11.1 Å². The first-order chi connectivity index (χ1) is 5.73. The van der Waals surface area contributed by atoms with Gasteiger partial charge in [0.2, 0.25) is 0 Å². The third-order valence-corrected chi connectivity index (χ3v) is 1.98. The molecule has 12 heavy (non-hydrogen) atoms. The van der Waals surface area contributed by atoms with Crippen LogP contribution in [-0.2, 0) is 5.66 Å². The van der Waals surface area contributed by atoms with Crippen molar-refractivity contribution in [3.8, 4) is 0 Å². The number of aliphatic hydroxyl groups excluding tert-OH is 1. The third kappa shape index (κ3) is 1.64. The molecule has 0 radical (unpaired) electrons. The summed E-state index contributed by atoms with van der Waals surface area (Å²) in [5, 5.41) is 11.9. The standard InChI is InChI=1S/C9H14N2O/c1-11-9(10,7-12)8-5-3-2-4-6-8/h2-6,11-12H,7,10H2,1H3. The zero-order valence-electron chi connectivity index (χ0n) is 7.12. The predicted molar refractivity (Wildman–Crippen MR) is 48.5 cm³/mol. The van der Waals surface area contributed by atoms with Crippen molar-refractivity contribution in [3.63, 3.8) is 0 Å². The van der Waals surface area contributed by atoms with Gasteiger partial charge in [0.15, 0.2) is 0 Å². The highest BCUT2D eigenvalue weighted by atomic mass is 16.3. The summed E-state index contributed by atoms with van der Waals surface area (Å²) in [5.74, 6) is 0. The van der Waals surface area contributed by atoms with Crippen LogP contribution in [0.4, 0.5) is 0 Å². The van der Waals surface area contributed by atoms with Crippen LogP contribution in [0.15, 0.2) is 30.3 Å². The third-order valence-electron chi connectivity index (χ3n) is 1.98. The van der Waals surface area contributed by atoms with E-state index in [9.17, 15) is 0 Å². The second kappa shape index (κ2) is 3.67. The summed E-state index contributed by atoms with van der Waals surface area (Å²) < 4.78 is 0. The van der Waals surface area contributed by atoms with Crippen LogP contribution in [0.3, 0.4) is 0 Å². The fourth-order valence-electron chi connectivity index (χ4n) is 1.05. The number of nitrogens with one attached hydrogen (secondary N) is 1. The van der Waals surface area contributed by atoms with Crippen molar-refractivity contribution >= 4 is 0 Å². The van der Waals surface area contributed by atoms with Crippen LogP contribution in [0.25, 0.3) is 0 Å². The highest BCUT2D eigenvalue weighted by Gasteiger charge is 2.22. The van der Waals surface area contributed by atoms with Gasteiger partial charge in [0.1, 0.15) is 5.66 Å². The topological polar surface area (TPSA) is 58.3 Å². The SMILES string of the molecule is CNC(N)(CO)c1ccccc1. The zero-order chi connectivity index (χ0) is 9.03. The normalized spacial score (nSPS) is 15.6. The molecule has 0 aromatic heterocycles. The van der Waals surface area contributed by atoms with E-state index in [1.165, 1.54) is 0 Å². The van der Waals surface area contributed by atoms with Crippen molar-refractivity contribution in [2.45, 2.75) is 5.66 Å². The molecule has 1 aromatic carbocycles. The van der Waals surface area contributed by atoms with Crippen LogP contribution in [0.5, 0.6) is 0 Å². The molecule has 0 heterocycles. The van der Waals surface area contributed by atoms with E-state index in [1.807, 2.05) is 30.3 Å². The van der Waals surface area contributed by atoms with E-state index in [0.29, 0.717) is 0 Å². The molecule has 66 valence electrons. The molecule has 0 spiro atoms. The molecule has 3 heteroatoms. The average molecular weight is 166 g/mol. The Bertz CT molecular complexity index is 232. The second-order valence-corrected chi connectivity index (χ2v) is 2.75. The highest BCUT2D eigenvalue weighted by molar-refractivity contribution is 5.22. The maximum absolute atomic E-state index is 9.05. The molecule has 1 unspecified atom stereocenters. The molecule has 1 rings (SSSR count). The monoisotopic (exact) mass is 166 g/mol. The first-order valence-corrected chi connectivity index (χ1v) is 3.87. The molecule has 0 bridgehead atoms. The number of hydrogen-bond donors (Lipinski definition) is 3. The Morgan fingerprint density at radius 2 is 2.00 bits per heavy atom. The minimum absolute atomic E-state index is 0.118. The molecule has 4 N–H and O–H groups in total. The lowest BCUT2D eigenvalue weighted by Crippen LogP contribution is -2.51. The van der Waals surface area contributed by atoms with Crippen molar-refractivity contribution in [3.05, 3.63) is 35.9 Å². The summed E-state index contributed by atoms with van der Waals surface area (Å²) in [5.41, 5.74) is 5.92. The Morgan fingerprint density at radius 1 is 1.42 bits per heavy atom. The Kier molecular flexibility index (Phi) is 2.81. The molecule has 0 aliphatic rings. The van der Waals surface area contributed by atoms with Gasteiger partial charge in [-0.25, -0.2) is 0 Å². The van der Waals surface area contributed by atoms with E-state index >= 15 is 0 Å². The molecule has 0 saturated carbocycles. The van der Waals surface area contributed by atoms with Crippen LogP contribution in [0, 0.1) is 0 Å². The summed E-state index contributed by atoms with van der Waals surface area (Å²) in [6, 6.07) is 9.46. The summed E-state index contributed by atoms with van der Waals surface area (Å²) in [4.78, 5) is 0. The fourth-order valence-corrected chi connectivity index (χ4v) is 1.05. The number of likely N-dealkylation sites (N-methyl/N-ethyl adjacent to an activating group) is 1. The minimum Gasteiger partial charge on any atom is -0.393 e. The van der Waals surface area contributed by atoms with Gasteiger partial charge in [0, 0.05) is 0 Å². The molecule has 0 aliphatic heterocycles. The zero-order valence-corrected chi connectivity index (χ0v) is 7.12. The lowest BCUT2D eigenvalue weighted by Gasteiger charge is -2.26. The number of aliphatic hydroxyl groups is 1. The van der Waals surface area contributed by atoms with E-state index in [0.717, 1.165) is 5.56 Å². The van der Waals surface area contributed by atoms with Gasteiger partial charge in [0.25, 0.3) is 0 Å². The minimum atomic E-state index is -0.818. The van der Waals surface area contributed by atoms with E-state index in [4.69, 9.17) is 10.8 Å². The Labute approximate surface area is 72.2 Å². The van der Waals surface area contributed by atoms with Crippen LogP contribution in [0.2, 0.25) is 0 Å². The van der Waals surface area contributed by atoms with Gasteiger partial charge in [-0.2, -0.15) is 0 Å². The van der Waals surface area contributed by atoms with Crippen LogP contribution in [-0.4, -0.2) is 18.8 Å². The molecule has 0 saturated heterocycles. The van der Waals surface area contributed by atoms with Crippen molar-refractivity contribution < 1.29 is 5.11 Å². The van der Waals surface area contributed by atoms with Crippen LogP contribution in [0.1, 0.15) is 5.56 Å². The molecular formula is C9H14N2O. The maximum Gasteiger partial charge on any atom is 0.116 e. The fraction of sp³-hybridized carbons (Fsp3) is 0.333. The van der Waals surface area contributed by atoms with Crippen molar-refractivity contribution in [2.24, 2.45) is 5.73 Å². The van der Waals surface area contributed by atoms with Gasteiger partial charge in [-0.1, -0.05) is 30.3 Å². The molecule has 0 fully saturated rings. The van der Waals surface area contributed by atoms with Gasteiger partial charge in [-0.05, 0) is 12.6 Å². The lowest BCUT2D eigenvalue weighted by atomic mass is 10.0. The van der Waals surface area contributed by atoms with E-state index < -0.39 is 5.66 Å². The highest BCUT2D eigenvalue weighted by Crippen LogP contribution is 2.12. The Balaban J connectivity index is 2.95. The Morgan fingerprint density at radius 3 is 2.42 bits per heavy atom. The van der Waals surface area contributed by atoms with E-state index in [-0.39, 0.29) is 6.61 Å². The van der Waals surface area contributed by atoms with Crippen molar-refractivity contribution in [1.29, 1.82) is 0 Å². The van der Waals surface area contributed by atoms with Crippen LogP contribution >= 0.6 is 0 Å².